The van der Waals surface area contributed by atoms with Gasteiger partial charge in [-0.15, -0.1) is 0 Å². The van der Waals surface area contributed by atoms with Crippen molar-refractivity contribution in [3.63, 3.8) is 0 Å². The fourth-order valence-corrected chi connectivity index (χ4v) is 3.38. The smallest absolute Gasteiger partial charge is 0.119 e. The molecular formula is C16H23NO. The summed E-state index contributed by atoms with van der Waals surface area (Å²) >= 11 is 0. The zero-order valence-electron chi connectivity index (χ0n) is 11.2. The van der Waals surface area contributed by atoms with Crippen LogP contribution >= 0.6 is 0 Å². The van der Waals surface area contributed by atoms with Crippen molar-refractivity contribution in [1.82, 2.24) is 0 Å². The van der Waals surface area contributed by atoms with Gasteiger partial charge in [-0.05, 0) is 57.6 Å². The van der Waals surface area contributed by atoms with Crippen LogP contribution in [0.2, 0.25) is 0 Å². The molecule has 1 aromatic carbocycles. The molecule has 0 unspecified atom stereocenters. The highest BCUT2D eigenvalue weighted by atomic mass is 16.5. The van der Waals surface area contributed by atoms with E-state index in [9.17, 15) is 0 Å². The summed E-state index contributed by atoms with van der Waals surface area (Å²) in [5.74, 6) is 1.00. The second kappa shape index (κ2) is 4.27. The predicted octanol–water partition coefficient (Wildman–Crippen LogP) is 3.43. The molecule has 1 aromatic rings. The van der Waals surface area contributed by atoms with Crippen LogP contribution < -0.4 is 10.5 Å². The molecular weight excluding hydrogens is 222 g/mol. The van der Waals surface area contributed by atoms with Crippen LogP contribution in [0.25, 0.3) is 0 Å². The number of fused-ring (bicyclic) bond motifs is 3. The number of benzene rings is 1. The average molecular weight is 245 g/mol. The van der Waals surface area contributed by atoms with Gasteiger partial charge in [0, 0.05) is 11.0 Å². The summed E-state index contributed by atoms with van der Waals surface area (Å²) in [5, 5.41) is 0. The molecule has 18 heavy (non-hydrogen) atoms. The minimum absolute atomic E-state index is 0.158. The number of ether oxygens (including phenoxy) is 1. The van der Waals surface area contributed by atoms with Crippen LogP contribution in [0.4, 0.5) is 0 Å². The molecule has 3 fully saturated rings. The lowest BCUT2D eigenvalue weighted by molar-refractivity contribution is 0.00532. The lowest BCUT2D eigenvalue weighted by Crippen LogP contribution is -2.53. The van der Waals surface area contributed by atoms with E-state index in [4.69, 9.17) is 10.5 Å². The Hall–Kier alpha value is -1.02. The molecule has 3 saturated carbocycles. The van der Waals surface area contributed by atoms with E-state index in [1.54, 1.807) is 0 Å². The van der Waals surface area contributed by atoms with Gasteiger partial charge in [-0.3, -0.25) is 0 Å². The van der Waals surface area contributed by atoms with Gasteiger partial charge in [-0.1, -0.05) is 17.7 Å². The highest BCUT2D eigenvalue weighted by Gasteiger charge is 2.46. The molecule has 0 radical (unpaired) electrons. The van der Waals surface area contributed by atoms with E-state index < -0.39 is 0 Å². The summed E-state index contributed by atoms with van der Waals surface area (Å²) in [6.07, 6.45) is 7.29. The van der Waals surface area contributed by atoms with E-state index in [2.05, 4.69) is 31.2 Å². The first-order valence-corrected chi connectivity index (χ1v) is 7.08. The van der Waals surface area contributed by atoms with Gasteiger partial charge in [-0.2, -0.15) is 0 Å². The van der Waals surface area contributed by atoms with Gasteiger partial charge in [0.25, 0.3) is 0 Å². The second-order valence-corrected chi connectivity index (χ2v) is 6.46. The zero-order valence-corrected chi connectivity index (χ0v) is 11.2. The van der Waals surface area contributed by atoms with Crippen molar-refractivity contribution in [2.24, 2.45) is 11.1 Å². The first kappa shape index (κ1) is 12.0. The predicted molar refractivity (Wildman–Crippen MR) is 73.7 cm³/mol. The molecule has 4 rings (SSSR count). The fraction of sp³-hybridized carbons (Fsp3) is 0.625. The molecule has 98 valence electrons. The highest BCUT2D eigenvalue weighted by Crippen LogP contribution is 2.51. The van der Waals surface area contributed by atoms with Gasteiger partial charge in [0.05, 0.1) is 6.61 Å². The van der Waals surface area contributed by atoms with E-state index in [0.717, 1.165) is 12.4 Å². The molecule has 0 heterocycles. The van der Waals surface area contributed by atoms with Crippen LogP contribution in [0.5, 0.6) is 5.75 Å². The first-order valence-electron chi connectivity index (χ1n) is 7.08. The van der Waals surface area contributed by atoms with Crippen LogP contribution in [0.1, 0.15) is 44.1 Å². The topological polar surface area (TPSA) is 35.2 Å². The molecule has 2 N–H and O–H groups in total. The lowest BCUT2D eigenvalue weighted by atomic mass is 9.58. The summed E-state index contributed by atoms with van der Waals surface area (Å²) in [6.45, 7) is 2.97. The van der Waals surface area contributed by atoms with Gasteiger partial charge in [0.2, 0.25) is 0 Å². The van der Waals surface area contributed by atoms with Gasteiger partial charge in [-0.25, -0.2) is 0 Å². The van der Waals surface area contributed by atoms with Crippen molar-refractivity contribution >= 4 is 0 Å². The molecule has 0 spiro atoms. The molecule has 0 aromatic heterocycles. The average Bonchev–Trinajstić information content (AvgIpc) is 2.40. The number of hydrogen-bond donors (Lipinski definition) is 1. The van der Waals surface area contributed by atoms with Gasteiger partial charge in [0.15, 0.2) is 0 Å². The second-order valence-electron chi connectivity index (χ2n) is 6.46. The molecule has 3 aliphatic rings. The Bertz CT molecular complexity index is 399. The quantitative estimate of drug-likeness (QED) is 0.885. The van der Waals surface area contributed by atoms with E-state index >= 15 is 0 Å². The van der Waals surface area contributed by atoms with Gasteiger partial charge < -0.3 is 10.5 Å². The minimum Gasteiger partial charge on any atom is -0.493 e. The van der Waals surface area contributed by atoms with E-state index in [-0.39, 0.29) is 5.54 Å². The molecule has 2 bridgehead atoms. The largest absolute Gasteiger partial charge is 0.493 e. The Balaban J connectivity index is 1.62. The third-order valence-electron chi connectivity index (χ3n) is 5.03. The van der Waals surface area contributed by atoms with Crippen LogP contribution in [0.15, 0.2) is 24.3 Å². The summed E-state index contributed by atoms with van der Waals surface area (Å²) in [7, 11) is 0. The van der Waals surface area contributed by atoms with Crippen LogP contribution in [0.3, 0.4) is 0 Å². The third kappa shape index (κ3) is 2.26. The van der Waals surface area contributed by atoms with Gasteiger partial charge in [0.1, 0.15) is 5.75 Å². The summed E-state index contributed by atoms with van der Waals surface area (Å²) in [5.41, 5.74) is 8.19. The van der Waals surface area contributed by atoms with Crippen molar-refractivity contribution < 1.29 is 4.74 Å². The van der Waals surface area contributed by atoms with Crippen molar-refractivity contribution in [3.8, 4) is 5.75 Å². The molecule has 0 atom stereocenters. The Labute approximate surface area is 110 Å². The highest BCUT2D eigenvalue weighted by molar-refractivity contribution is 5.26. The van der Waals surface area contributed by atoms with Crippen molar-refractivity contribution in [1.29, 1.82) is 0 Å². The zero-order chi connectivity index (χ0) is 12.6. The number of hydrogen-bond acceptors (Lipinski definition) is 2. The van der Waals surface area contributed by atoms with Gasteiger partial charge >= 0.3 is 0 Å². The molecule has 2 nitrogen and oxygen atoms in total. The summed E-state index contributed by atoms with van der Waals surface area (Å²) in [4.78, 5) is 0. The Morgan fingerprint density at radius 2 is 1.56 bits per heavy atom. The molecule has 0 amide bonds. The standard InChI is InChI=1S/C16H23NO/c1-13-2-4-14(5-3-13)18-12-15-6-9-16(17,10-7-15)11-8-15/h2-5H,6-12,17H2,1H3. The van der Waals surface area contributed by atoms with Crippen molar-refractivity contribution in [2.45, 2.75) is 51.0 Å². The maximum absolute atomic E-state index is 6.34. The first-order chi connectivity index (χ1) is 8.59. The third-order valence-corrected chi connectivity index (χ3v) is 5.03. The lowest BCUT2D eigenvalue weighted by Gasteiger charge is -2.51. The monoisotopic (exact) mass is 245 g/mol. The maximum atomic E-state index is 6.34. The Morgan fingerprint density at radius 1 is 1.00 bits per heavy atom. The molecule has 2 heteroatoms. The minimum atomic E-state index is 0.158. The molecule has 0 saturated heterocycles. The SMILES string of the molecule is Cc1ccc(OCC23CCC(N)(CC2)CC3)cc1. The fourth-order valence-electron chi connectivity index (χ4n) is 3.38. The van der Waals surface area contributed by atoms with Crippen molar-refractivity contribution in [3.05, 3.63) is 29.8 Å². The molecule has 3 aliphatic carbocycles. The Morgan fingerprint density at radius 3 is 2.11 bits per heavy atom. The van der Waals surface area contributed by atoms with Crippen LogP contribution in [-0.4, -0.2) is 12.1 Å². The maximum Gasteiger partial charge on any atom is 0.119 e. The summed E-state index contributed by atoms with van der Waals surface area (Å²) < 4.78 is 6.01. The van der Waals surface area contributed by atoms with Crippen LogP contribution in [-0.2, 0) is 0 Å². The van der Waals surface area contributed by atoms with E-state index in [1.807, 2.05) is 0 Å². The number of aryl methyl sites for hydroxylation is 1. The Kier molecular flexibility index (Phi) is 2.86. The van der Waals surface area contributed by atoms with Crippen LogP contribution in [0, 0.1) is 12.3 Å². The molecule has 0 aliphatic heterocycles. The number of nitrogens with two attached hydrogens (primary N) is 1. The number of rotatable bonds is 3. The van der Waals surface area contributed by atoms with E-state index in [1.165, 1.54) is 44.1 Å². The summed E-state index contributed by atoms with van der Waals surface area (Å²) in [6, 6.07) is 8.37. The normalized spacial score (nSPS) is 34.6. The van der Waals surface area contributed by atoms with Crippen molar-refractivity contribution in [2.75, 3.05) is 6.61 Å². The van der Waals surface area contributed by atoms with E-state index in [0.29, 0.717) is 5.41 Å².